The highest BCUT2D eigenvalue weighted by molar-refractivity contribution is 7.80. The van der Waals surface area contributed by atoms with Gasteiger partial charge in [-0.2, -0.15) is 13.2 Å². The van der Waals surface area contributed by atoms with Crippen molar-refractivity contribution in [3.05, 3.63) is 65.2 Å². The first-order valence-corrected chi connectivity index (χ1v) is 8.01. The van der Waals surface area contributed by atoms with Crippen molar-refractivity contribution in [2.45, 2.75) is 32.5 Å². The molecule has 0 aliphatic carbocycles. The quantitative estimate of drug-likeness (QED) is 0.715. The Morgan fingerprint density at radius 3 is 2.12 bits per heavy atom. The highest BCUT2D eigenvalue weighted by atomic mass is 32.1. The zero-order chi connectivity index (χ0) is 17.7. The average Bonchev–Trinajstić information content (AvgIpc) is 2.53. The highest BCUT2D eigenvalue weighted by Gasteiger charge is 2.29. The molecule has 0 amide bonds. The van der Waals surface area contributed by atoms with Crippen LogP contribution < -0.4 is 10.6 Å². The first kappa shape index (κ1) is 18.3. The lowest BCUT2D eigenvalue weighted by Gasteiger charge is -2.20. The molecule has 0 heterocycles. The van der Waals surface area contributed by atoms with Gasteiger partial charge < -0.3 is 10.6 Å². The summed E-state index contributed by atoms with van der Waals surface area (Å²) in [6.07, 6.45) is -3.51. The Balaban J connectivity index is 2.00. The number of hydrogen-bond donors (Lipinski definition) is 2. The molecule has 0 spiro atoms. The maximum absolute atomic E-state index is 12.6. The van der Waals surface area contributed by atoms with E-state index in [0.29, 0.717) is 10.8 Å². The van der Waals surface area contributed by atoms with E-state index in [-0.39, 0.29) is 6.04 Å². The molecule has 2 N–H and O–H groups in total. The van der Waals surface area contributed by atoms with Gasteiger partial charge in [0.25, 0.3) is 0 Å². The van der Waals surface area contributed by atoms with Crippen LogP contribution in [0.25, 0.3) is 0 Å². The molecule has 0 aromatic heterocycles. The van der Waals surface area contributed by atoms with Crippen LogP contribution in [0.2, 0.25) is 0 Å². The summed E-state index contributed by atoms with van der Waals surface area (Å²) < 4.78 is 37.7. The van der Waals surface area contributed by atoms with Crippen LogP contribution in [0.3, 0.4) is 0 Å². The number of alkyl halides is 3. The third kappa shape index (κ3) is 4.96. The second-order valence-corrected chi connectivity index (χ2v) is 5.95. The molecule has 2 aromatic carbocycles. The van der Waals surface area contributed by atoms with E-state index < -0.39 is 11.7 Å². The van der Waals surface area contributed by atoms with E-state index in [1.165, 1.54) is 17.7 Å². The predicted molar refractivity (Wildman–Crippen MR) is 95.0 cm³/mol. The van der Waals surface area contributed by atoms with Crippen molar-refractivity contribution in [1.29, 1.82) is 0 Å². The zero-order valence-electron chi connectivity index (χ0n) is 13.4. The molecule has 2 aromatic rings. The molecule has 0 fully saturated rings. The minimum absolute atomic E-state index is 0.0417. The molecule has 6 heteroatoms. The molecule has 0 saturated carbocycles. The molecule has 0 unspecified atom stereocenters. The molecule has 0 radical (unpaired) electrons. The maximum atomic E-state index is 12.6. The molecular weight excluding hydrogens is 333 g/mol. The summed E-state index contributed by atoms with van der Waals surface area (Å²) in [6, 6.07) is 13.0. The van der Waals surface area contributed by atoms with Crippen molar-refractivity contribution in [3.63, 3.8) is 0 Å². The number of halogens is 3. The van der Waals surface area contributed by atoms with Gasteiger partial charge in [-0.3, -0.25) is 0 Å². The number of hydrogen-bond acceptors (Lipinski definition) is 1. The summed E-state index contributed by atoms with van der Waals surface area (Å²) in [5.41, 5.74) is 2.12. The van der Waals surface area contributed by atoms with Crippen LogP contribution in [0, 0.1) is 6.92 Å². The van der Waals surface area contributed by atoms with Gasteiger partial charge in [0.1, 0.15) is 0 Å². The number of thiocarbonyl (C=S) groups is 1. The van der Waals surface area contributed by atoms with Crippen LogP contribution in [0.5, 0.6) is 0 Å². The van der Waals surface area contributed by atoms with Crippen LogP contribution in [0.15, 0.2) is 48.5 Å². The topological polar surface area (TPSA) is 24.1 Å². The Labute approximate surface area is 145 Å². The summed E-state index contributed by atoms with van der Waals surface area (Å²) in [4.78, 5) is 0. The molecule has 2 nitrogen and oxygen atoms in total. The first-order valence-electron chi connectivity index (χ1n) is 7.61. The van der Waals surface area contributed by atoms with Crippen molar-refractivity contribution in [2.75, 3.05) is 5.32 Å². The average molecular weight is 352 g/mol. The summed E-state index contributed by atoms with van der Waals surface area (Å²) in [5.74, 6) is 0. The molecule has 0 aliphatic rings. The Bertz CT molecular complexity index is 679. The van der Waals surface area contributed by atoms with E-state index >= 15 is 0 Å². The summed E-state index contributed by atoms with van der Waals surface area (Å²) in [6.45, 7) is 4.06. The number of benzene rings is 2. The molecule has 0 saturated heterocycles. The van der Waals surface area contributed by atoms with E-state index in [1.807, 2.05) is 38.1 Å². The molecule has 1 atom stereocenters. The Kier molecular flexibility index (Phi) is 5.83. The fourth-order valence-corrected chi connectivity index (χ4v) is 2.55. The van der Waals surface area contributed by atoms with E-state index in [2.05, 4.69) is 10.6 Å². The van der Waals surface area contributed by atoms with Gasteiger partial charge in [0.05, 0.1) is 11.6 Å². The largest absolute Gasteiger partial charge is 0.416 e. The third-order valence-electron chi connectivity index (χ3n) is 3.66. The first-order chi connectivity index (χ1) is 11.3. The molecule has 128 valence electrons. The van der Waals surface area contributed by atoms with Crippen molar-refractivity contribution < 1.29 is 13.2 Å². The third-order valence-corrected chi connectivity index (χ3v) is 3.88. The minimum Gasteiger partial charge on any atom is -0.356 e. The highest BCUT2D eigenvalue weighted by Crippen LogP contribution is 2.29. The second-order valence-electron chi connectivity index (χ2n) is 5.55. The number of rotatable bonds is 4. The fraction of sp³-hybridized carbons (Fsp3) is 0.278. The van der Waals surface area contributed by atoms with Crippen LogP contribution in [-0.4, -0.2) is 5.11 Å². The van der Waals surface area contributed by atoms with Gasteiger partial charge in [-0.1, -0.05) is 36.8 Å². The van der Waals surface area contributed by atoms with Gasteiger partial charge >= 0.3 is 6.18 Å². The number of aryl methyl sites for hydroxylation is 1. The summed E-state index contributed by atoms with van der Waals surface area (Å²) in [7, 11) is 0. The lowest BCUT2D eigenvalue weighted by Crippen LogP contribution is -2.32. The van der Waals surface area contributed by atoms with Gasteiger partial charge in [0.2, 0.25) is 0 Å². The molecule has 0 aliphatic heterocycles. The Morgan fingerprint density at radius 2 is 1.62 bits per heavy atom. The molecule has 2 rings (SSSR count). The van der Waals surface area contributed by atoms with Crippen molar-refractivity contribution in [3.8, 4) is 0 Å². The lowest BCUT2D eigenvalue weighted by molar-refractivity contribution is -0.137. The smallest absolute Gasteiger partial charge is 0.356 e. The van der Waals surface area contributed by atoms with Gasteiger partial charge in [0.15, 0.2) is 5.11 Å². The van der Waals surface area contributed by atoms with E-state index in [9.17, 15) is 13.2 Å². The Hall–Kier alpha value is -2.08. The lowest BCUT2D eigenvalue weighted by atomic mass is 10.0. The molecular formula is C18H19F3N2S. The van der Waals surface area contributed by atoms with Crippen LogP contribution in [0.4, 0.5) is 18.9 Å². The van der Waals surface area contributed by atoms with Crippen molar-refractivity contribution in [2.24, 2.45) is 0 Å². The number of anilines is 1. The predicted octanol–water partition coefficient (Wildman–Crippen LogP) is 5.45. The van der Waals surface area contributed by atoms with Crippen LogP contribution >= 0.6 is 12.2 Å². The van der Waals surface area contributed by atoms with Crippen molar-refractivity contribution >= 4 is 23.0 Å². The van der Waals surface area contributed by atoms with E-state index in [1.54, 1.807) is 0 Å². The minimum atomic E-state index is -4.34. The summed E-state index contributed by atoms with van der Waals surface area (Å²) in [5, 5.41) is 6.49. The number of nitrogens with one attached hydrogen (secondary N) is 2. The zero-order valence-corrected chi connectivity index (χ0v) is 14.3. The fourth-order valence-electron chi connectivity index (χ4n) is 2.29. The standard InChI is InChI=1S/C18H19F3N2S/c1-3-16(13-6-4-12(2)5-7-13)23-17(24)22-15-10-8-14(9-11-15)18(19,20)21/h4-11,16H,3H2,1-2H3,(H2,22,23,24)/t16-/m1/s1. The van der Waals surface area contributed by atoms with E-state index in [4.69, 9.17) is 12.2 Å². The van der Waals surface area contributed by atoms with Gasteiger partial charge in [-0.25, -0.2) is 0 Å². The summed E-state index contributed by atoms with van der Waals surface area (Å²) >= 11 is 5.27. The normalized spacial score (nSPS) is 12.5. The van der Waals surface area contributed by atoms with Crippen LogP contribution in [-0.2, 0) is 6.18 Å². The molecule has 0 bridgehead atoms. The van der Waals surface area contributed by atoms with Crippen molar-refractivity contribution in [1.82, 2.24) is 5.32 Å². The van der Waals surface area contributed by atoms with Gasteiger partial charge in [-0.15, -0.1) is 0 Å². The Morgan fingerprint density at radius 1 is 1.04 bits per heavy atom. The van der Waals surface area contributed by atoms with E-state index in [0.717, 1.165) is 24.1 Å². The van der Waals surface area contributed by atoms with Crippen LogP contribution in [0.1, 0.15) is 36.1 Å². The monoisotopic (exact) mass is 352 g/mol. The second kappa shape index (κ2) is 7.66. The van der Waals surface area contributed by atoms with Gasteiger partial charge in [-0.05, 0) is 55.4 Å². The maximum Gasteiger partial charge on any atom is 0.416 e. The molecule has 24 heavy (non-hydrogen) atoms. The van der Waals surface area contributed by atoms with Gasteiger partial charge in [0, 0.05) is 5.69 Å². The SMILES string of the molecule is CC[C@@H](NC(=S)Nc1ccc(C(F)(F)F)cc1)c1ccc(C)cc1.